The molecule has 2 aliphatic carbocycles. The van der Waals surface area contributed by atoms with Crippen LogP contribution in [0.5, 0.6) is 11.5 Å². The molecule has 23 heteroatoms. The third-order valence-electron chi connectivity index (χ3n) is 22.4. The predicted molar refractivity (Wildman–Crippen MR) is 564 cm³/mol. The van der Waals surface area contributed by atoms with E-state index in [0.29, 0.717) is 58.4 Å². The maximum absolute atomic E-state index is 14.6. The summed E-state index contributed by atoms with van der Waals surface area (Å²) in [5.41, 5.74) is 19.2. The Kier molecular flexibility index (Phi) is 46.4. The Hall–Kier alpha value is -12.7. The molecule has 0 spiro atoms. The summed E-state index contributed by atoms with van der Waals surface area (Å²) in [7, 11) is 0. The van der Waals surface area contributed by atoms with Crippen LogP contribution in [0.1, 0.15) is 181 Å². The van der Waals surface area contributed by atoms with Crippen LogP contribution in [0.25, 0.3) is 100.0 Å². The summed E-state index contributed by atoms with van der Waals surface area (Å²) >= 11 is 0. The van der Waals surface area contributed by atoms with E-state index in [1.807, 2.05) is 200 Å². The average Bonchev–Trinajstić information content (AvgIpc) is 0.720. The van der Waals surface area contributed by atoms with Gasteiger partial charge in [0.2, 0.25) is 0 Å². The minimum atomic E-state index is -3.00. The first-order valence-corrected chi connectivity index (χ1v) is 46.1. The topological polar surface area (TPSA) is 259 Å². The third-order valence-corrected chi connectivity index (χ3v) is 22.4. The molecule has 12 aromatic carbocycles. The van der Waals surface area contributed by atoms with Crippen molar-refractivity contribution >= 4 is 79.5 Å². The van der Waals surface area contributed by atoms with Gasteiger partial charge in [0, 0.05) is 191 Å². The number of Topliss-reactive ketones (excluding diaryl/α,β-unsaturated/α-hetero) is 2. The molecule has 4 heterocycles. The Balaban J connectivity index is 0.000000267. The van der Waals surface area contributed by atoms with Crippen molar-refractivity contribution in [2.45, 2.75) is 165 Å². The first kappa shape index (κ1) is 121. The standard InChI is InChI=1S/C36H48N2O2.C20H13N2.C17H12N.C16H8F2N.C15H10N.C8H10O3.2C5H8O2.4Ir.Pt/c1-33(2,3)25-17-23(31(39)27(19-25)35(7,8)9)21-37-29-15-13-14-16-30(29)38-22-24-18-26(34(4,5)6)20-28(32(24)40)36(10,11)12;1-3-9-15(10-4-1)19-20(16-11-5-2-6-12-16)22-18-14-8-7-13-17(18)21-19;1-2-7-14(8-3-1)15-9-6-10-16(13-15)17-11-4-5-12-18-17;17-16(18)12-6-2-1-5-11(12)15-14-10(8-9-19-15)4-3-7-13(14)16;1-2-7-13(8-3-1)15-14-9-5-4-6-12(14)10-11-16-15;1-5(9)8-6(10)3-2-4-7(8)11;2*1-4(6)3-5(2)7;;;;;/h13-22,39-40H,1-12H3;1-11,13-14H;1-9,11-13H;1-4,6-9H;1-7,9-11H;10H,2-4H2,1H3;2*3,6H,1-2H3;;;;;/q;4*-1;;;;;;;;. The number of aliphatic hydroxyl groups is 3. The number of fused-ring (bicyclic) bond motifs is 4. The number of carbonyl (C=O) groups is 4. The van der Waals surface area contributed by atoms with Crippen LogP contribution in [0.15, 0.2) is 355 Å². The second kappa shape index (κ2) is 55.6. The molecule has 16 nitrogen and oxygen atoms in total. The van der Waals surface area contributed by atoms with E-state index in [2.05, 4.69) is 183 Å². The van der Waals surface area contributed by atoms with Crippen molar-refractivity contribution in [3.63, 3.8) is 0 Å². The maximum Gasteiger partial charge on any atom is 0.266 e. The molecule has 4 radical (unpaired) electrons. The first-order valence-electron chi connectivity index (χ1n) is 46.1. The Morgan fingerprint density at radius 3 is 1.34 bits per heavy atom. The van der Waals surface area contributed by atoms with Gasteiger partial charge in [-0.15, -0.1) is 137 Å². The number of phenolic OH excluding ortho intramolecular Hbond substituents is 2. The van der Waals surface area contributed by atoms with Gasteiger partial charge in [0.1, 0.15) is 17.3 Å². The SMILES string of the molecule is CC(=O)C1=C(O)CCCC1=O.CC(=O)C=C(C)O.CC(=O)C=C(C)O.CC(C)(C)c1cc(C=Nc2ccccc2N=Cc2cc(C(C)(C)C)cc(C(C)(C)C)c2O)c(O)c(C(C)(C)C)c1.FC1(F)c2ccc[c-]c2-c2nccc3cccc1c23.[Ir].[Ir].[Ir].[Ir].[Pt].[c-]1ccc(-c2ccccc2)cc1-c1ccccn1.[c-]1ccccc1-c1nc2ccccc2nc1-c1ccccc1.[c-]1ccccc1-c1nccc2ccccc12. The van der Waals surface area contributed by atoms with E-state index in [0.717, 1.165) is 83.7 Å². The minimum absolute atomic E-state index is 0. The molecule has 4 aromatic heterocycles. The van der Waals surface area contributed by atoms with Gasteiger partial charge in [-0.2, -0.15) is 0 Å². The first-order chi connectivity index (χ1) is 66.6. The molecule has 16 aromatic rings. The number of hydrogen-bond donors (Lipinski definition) is 5. The van der Waals surface area contributed by atoms with Crippen molar-refractivity contribution in [1.82, 2.24) is 24.9 Å². The minimum Gasteiger partial charge on any atom is -0.512 e. The van der Waals surface area contributed by atoms with E-state index < -0.39 is 5.92 Å². The molecule has 758 valence electrons. The van der Waals surface area contributed by atoms with E-state index in [-0.39, 0.29) is 192 Å². The van der Waals surface area contributed by atoms with Gasteiger partial charge in [-0.1, -0.05) is 240 Å². The van der Waals surface area contributed by atoms with Gasteiger partial charge in [0.15, 0.2) is 23.1 Å². The number of nitrogens with zero attached hydrogens (tertiary/aromatic N) is 7. The number of carbonyl (C=O) groups excluding carboxylic acids is 4. The predicted octanol–water partition coefficient (Wildman–Crippen LogP) is 29.8. The van der Waals surface area contributed by atoms with Crippen molar-refractivity contribution < 1.29 is 155 Å². The number of ketones is 4. The number of alkyl halides is 2. The summed E-state index contributed by atoms with van der Waals surface area (Å²) in [5.74, 6) is -3.20. The Morgan fingerprint density at radius 2 is 0.862 bits per heavy atom. The smallest absolute Gasteiger partial charge is 0.266 e. The van der Waals surface area contributed by atoms with Gasteiger partial charge in [-0.05, 0) is 178 Å². The number of aliphatic imine (C=N–C) groups is 2. The van der Waals surface area contributed by atoms with Crippen molar-refractivity contribution in [3.05, 3.63) is 414 Å². The zero-order valence-electron chi connectivity index (χ0n) is 83.8. The monoisotopic (exact) mass is 2830 g/mol. The largest absolute Gasteiger partial charge is 0.512 e. The Morgan fingerprint density at radius 1 is 0.407 bits per heavy atom. The van der Waals surface area contributed by atoms with Crippen LogP contribution in [0.2, 0.25) is 0 Å². The van der Waals surface area contributed by atoms with Crippen molar-refractivity contribution in [2.24, 2.45) is 9.98 Å². The van der Waals surface area contributed by atoms with Crippen LogP contribution in [-0.4, -0.2) is 86.0 Å². The summed E-state index contributed by atoms with van der Waals surface area (Å²) in [6.45, 7) is 32.7. The molecule has 0 aliphatic heterocycles. The van der Waals surface area contributed by atoms with E-state index in [4.69, 9.17) is 35.3 Å². The van der Waals surface area contributed by atoms with E-state index in [1.54, 1.807) is 49.1 Å². The number of rotatable bonds is 12. The Labute approximate surface area is 918 Å². The number of para-hydroxylation sites is 4. The molecule has 0 saturated heterocycles. The van der Waals surface area contributed by atoms with Crippen molar-refractivity contribution in [3.8, 4) is 78.9 Å². The van der Waals surface area contributed by atoms with Crippen LogP contribution >= 0.6 is 0 Å². The summed E-state index contributed by atoms with van der Waals surface area (Å²) < 4.78 is 29.2. The number of aromatic nitrogens is 5. The Bertz CT molecular complexity index is 6960. The fourth-order valence-corrected chi connectivity index (χ4v) is 15.4. The zero-order chi connectivity index (χ0) is 101. The number of halogens is 2. The number of allylic oxidation sites excluding steroid dienone is 6. The fourth-order valence-electron chi connectivity index (χ4n) is 15.4. The van der Waals surface area contributed by atoms with Crippen LogP contribution in [0.4, 0.5) is 20.2 Å². The van der Waals surface area contributed by atoms with Crippen LogP contribution in [-0.2, 0) is 148 Å². The molecule has 0 amide bonds. The summed E-state index contributed by atoms with van der Waals surface area (Å²) in [5, 5.41) is 51.9. The molecule has 0 bridgehead atoms. The molecule has 145 heavy (non-hydrogen) atoms. The van der Waals surface area contributed by atoms with E-state index >= 15 is 0 Å². The second-order valence-corrected chi connectivity index (χ2v) is 37.8. The van der Waals surface area contributed by atoms with Gasteiger partial charge < -0.3 is 40.5 Å². The number of phenols is 2. The van der Waals surface area contributed by atoms with E-state index in [1.165, 1.54) is 80.8 Å². The van der Waals surface area contributed by atoms with Crippen molar-refractivity contribution in [1.29, 1.82) is 0 Å². The van der Waals surface area contributed by atoms with E-state index in [9.17, 15) is 38.2 Å². The number of aliphatic hydroxyl groups excluding tert-OH is 3. The van der Waals surface area contributed by atoms with Gasteiger partial charge in [0.05, 0.1) is 45.2 Å². The third kappa shape index (κ3) is 33.7. The molecular weight excluding hydrogens is 2710 g/mol. The van der Waals surface area contributed by atoms with Gasteiger partial charge in [0.25, 0.3) is 5.92 Å². The molecule has 0 fully saturated rings. The van der Waals surface area contributed by atoms with Gasteiger partial charge >= 0.3 is 0 Å². The van der Waals surface area contributed by atoms with Crippen molar-refractivity contribution in [2.75, 3.05) is 0 Å². The van der Waals surface area contributed by atoms with Gasteiger partial charge in [-0.3, -0.25) is 39.1 Å². The van der Waals surface area contributed by atoms with Crippen LogP contribution in [0.3, 0.4) is 0 Å². The molecule has 0 saturated carbocycles. The van der Waals surface area contributed by atoms with Crippen LogP contribution < -0.4 is 0 Å². The number of hydrogen-bond acceptors (Lipinski definition) is 16. The number of pyridine rings is 3. The number of aromatic hydroxyl groups is 2. The normalized spacial score (nSPS) is 12.3. The van der Waals surface area contributed by atoms with Crippen LogP contribution in [0, 0.1) is 24.3 Å². The molecule has 0 atom stereocenters. The fraction of sp³-hybridized carbons (Fsp3) is 0.205. The molecule has 5 N–H and O–H groups in total. The molecule has 2 aliphatic rings. The zero-order valence-corrected chi connectivity index (χ0v) is 95.6. The number of benzene rings is 12. The summed E-state index contributed by atoms with van der Waals surface area (Å²) in [4.78, 5) is 74.1. The molecule has 0 unspecified atom stereocenters. The van der Waals surface area contributed by atoms with Gasteiger partial charge in [-0.25, -0.2) is 8.78 Å². The second-order valence-electron chi connectivity index (χ2n) is 37.8. The maximum atomic E-state index is 14.6. The summed E-state index contributed by atoms with van der Waals surface area (Å²) in [6, 6.07) is 107. The molecule has 18 rings (SSSR count). The quantitative estimate of drug-likeness (QED) is 0.0251. The summed E-state index contributed by atoms with van der Waals surface area (Å²) in [6.07, 6.45) is 12.6. The average molecular weight is 2830 g/mol. The molecular formula is C122H117F2Ir4N7O9Pt-4.